The van der Waals surface area contributed by atoms with Gasteiger partial charge in [0, 0.05) is 12.0 Å². The molecule has 2 nitrogen and oxygen atoms in total. The van der Waals surface area contributed by atoms with Crippen molar-refractivity contribution in [3.8, 4) is 0 Å². The van der Waals surface area contributed by atoms with E-state index >= 15 is 0 Å². The van der Waals surface area contributed by atoms with Crippen LogP contribution in [0, 0.1) is 12.3 Å². The Kier molecular flexibility index (Phi) is 2.27. The summed E-state index contributed by atoms with van der Waals surface area (Å²) in [5, 5.41) is 3.88. The molecule has 1 aromatic heterocycles. The molecule has 0 amide bonds. The maximum atomic E-state index is 5.20. The molecule has 0 saturated carbocycles. The van der Waals surface area contributed by atoms with Gasteiger partial charge in [-0.15, -0.1) is 0 Å². The van der Waals surface area contributed by atoms with E-state index in [2.05, 4.69) is 32.9 Å². The fraction of sp³-hybridized carbons (Fsp3) is 0.700. The molecule has 0 aliphatic carbocycles. The zero-order valence-electron chi connectivity index (χ0n) is 8.51. The van der Waals surface area contributed by atoms with E-state index in [0.29, 0.717) is 5.92 Å². The summed E-state index contributed by atoms with van der Waals surface area (Å²) >= 11 is 0. The molecule has 1 aromatic rings. The Morgan fingerprint density at radius 1 is 1.42 bits per heavy atom. The lowest BCUT2D eigenvalue weighted by molar-refractivity contribution is 0.268. The molecule has 0 fully saturated rings. The molecule has 0 aromatic carbocycles. The van der Waals surface area contributed by atoms with Crippen molar-refractivity contribution in [2.45, 2.75) is 40.5 Å². The van der Waals surface area contributed by atoms with Crippen LogP contribution >= 0.6 is 0 Å². The minimum Gasteiger partial charge on any atom is -0.361 e. The summed E-state index contributed by atoms with van der Waals surface area (Å²) in [6.07, 6.45) is 0. The van der Waals surface area contributed by atoms with Crippen molar-refractivity contribution >= 4 is 0 Å². The monoisotopic (exact) mass is 167 g/mol. The molecule has 0 aliphatic heterocycles. The molecule has 2 heteroatoms. The zero-order valence-corrected chi connectivity index (χ0v) is 8.51. The lowest BCUT2D eigenvalue weighted by Gasteiger charge is -2.24. The highest BCUT2D eigenvalue weighted by atomic mass is 16.5. The minimum absolute atomic E-state index is 0.242. The van der Waals surface area contributed by atoms with Crippen molar-refractivity contribution in [1.29, 1.82) is 0 Å². The number of aromatic nitrogens is 1. The molecule has 68 valence electrons. The van der Waals surface area contributed by atoms with Crippen LogP contribution in [-0.2, 0) is 0 Å². The second-order valence-corrected chi connectivity index (χ2v) is 4.46. The lowest BCUT2D eigenvalue weighted by atomic mass is 9.80. The van der Waals surface area contributed by atoms with Gasteiger partial charge >= 0.3 is 0 Å². The summed E-state index contributed by atoms with van der Waals surface area (Å²) in [6, 6.07) is 2.01. The quantitative estimate of drug-likeness (QED) is 0.642. The molecule has 1 unspecified atom stereocenters. The maximum Gasteiger partial charge on any atom is 0.140 e. The van der Waals surface area contributed by atoms with Crippen LogP contribution in [0.4, 0.5) is 0 Å². The molecule has 0 radical (unpaired) electrons. The first-order valence-electron chi connectivity index (χ1n) is 4.34. The first kappa shape index (κ1) is 9.30. The van der Waals surface area contributed by atoms with Gasteiger partial charge in [0.15, 0.2) is 0 Å². The van der Waals surface area contributed by atoms with Crippen molar-refractivity contribution in [3.05, 3.63) is 17.5 Å². The largest absolute Gasteiger partial charge is 0.361 e. The van der Waals surface area contributed by atoms with Crippen LogP contribution < -0.4 is 0 Å². The Labute approximate surface area is 74.0 Å². The Balaban J connectivity index is 2.85. The number of nitrogens with zero attached hydrogens (tertiary/aromatic N) is 1. The second kappa shape index (κ2) is 2.92. The fourth-order valence-electron chi connectivity index (χ4n) is 1.01. The van der Waals surface area contributed by atoms with Gasteiger partial charge in [-0.3, -0.25) is 0 Å². The van der Waals surface area contributed by atoms with Gasteiger partial charge in [-0.2, -0.15) is 0 Å². The van der Waals surface area contributed by atoms with E-state index in [-0.39, 0.29) is 5.41 Å². The van der Waals surface area contributed by atoms with E-state index in [4.69, 9.17) is 4.52 Å². The van der Waals surface area contributed by atoms with Crippen molar-refractivity contribution in [2.24, 2.45) is 5.41 Å². The average molecular weight is 167 g/mol. The van der Waals surface area contributed by atoms with Crippen molar-refractivity contribution in [1.82, 2.24) is 5.16 Å². The first-order chi connectivity index (χ1) is 5.41. The minimum atomic E-state index is 0.242. The molecule has 1 heterocycles. The van der Waals surface area contributed by atoms with Gasteiger partial charge in [-0.1, -0.05) is 32.9 Å². The number of rotatable bonds is 1. The summed E-state index contributed by atoms with van der Waals surface area (Å²) in [5.74, 6) is 1.40. The van der Waals surface area contributed by atoms with E-state index < -0.39 is 0 Å². The van der Waals surface area contributed by atoms with Crippen LogP contribution in [0.2, 0.25) is 0 Å². The Morgan fingerprint density at radius 2 is 2.00 bits per heavy atom. The van der Waals surface area contributed by atoms with Gasteiger partial charge in [0.25, 0.3) is 0 Å². The summed E-state index contributed by atoms with van der Waals surface area (Å²) in [7, 11) is 0. The molecule has 0 aliphatic rings. The van der Waals surface area contributed by atoms with Crippen LogP contribution in [-0.4, -0.2) is 5.16 Å². The van der Waals surface area contributed by atoms with Crippen molar-refractivity contribution in [2.75, 3.05) is 0 Å². The molecule has 0 N–H and O–H groups in total. The SMILES string of the molecule is Cc1cc(C(C)C(C)(C)C)on1. The van der Waals surface area contributed by atoms with Crippen LogP contribution in [0.25, 0.3) is 0 Å². The normalized spacial score (nSPS) is 14.8. The third kappa shape index (κ3) is 1.87. The highest BCUT2D eigenvalue weighted by molar-refractivity contribution is 5.09. The summed E-state index contributed by atoms with van der Waals surface area (Å²) < 4.78 is 5.20. The molecule has 1 rings (SSSR count). The average Bonchev–Trinajstić information content (AvgIpc) is 2.32. The summed E-state index contributed by atoms with van der Waals surface area (Å²) in [5.41, 5.74) is 1.20. The van der Waals surface area contributed by atoms with Gasteiger partial charge in [-0.25, -0.2) is 0 Å². The highest BCUT2D eigenvalue weighted by Gasteiger charge is 2.24. The van der Waals surface area contributed by atoms with E-state index in [0.717, 1.165) is 11.5 Å². The van der Waals surface area contributed by atoms with Gasteiger partial charge in [-0.05, 0) is 12.3 Å². The highest BCUT2D eigenvalue weighted by Crippen LogP contribution is 2.34. The van der Waals surface area contributed by atoms with E-state index in [1.807, 2.05) is 13.0 Å². The molecule has 0 spiro atoms. The summed E-state index contributed by atoms with van der Waals surface area (Å²) in [4.78, 5) is 0. The third-order valence-corrected chi connectivity index (χ3v) is 2.37. The van der Waals surface area contributed by atoms with E-state index in [1.54, 1.807) is 0 Å². The lowest BCUT2D eigenvalue weighted by Crippen LogP contribution is -2.14. The molecular formula is C10H17NO. The predicted octanol–water partition coefficient (Wildman–Crippen LogP) is 3.13. The van der Waals surface area contributed by atoms with Gasteiger partial charge in [0.05, 0.1) is 5.69 Å². The van der Waals surface area contributed by atoms with Crippen LogP contribution in [0.15, 0.2) is 10.6 Å². The van der Waals surface area contributed by atoms with Gasteiger partial charge < -0.3 is 4.52 Å². The summed E-state index contributed by atoms with van der Waals surface area (Å²) in [6.45, 7) is 10.7. The predicted molar refractivity (Wildman–Crippen MR) is 49.1 cm³/mol. The van der Waals surface area contributed by atoms with Crippen molar-refractivity contribution < 1.29 is 4.52 Å². The van der Waals surface area contributed by atoms with Crippen LogP contribution in [0.1, 0.15) is 45.1 Å². The number of hydrogen-bond acceptors (Lipinski definition) is 2. The number of aryl methyl sites for hydroxylation is 1. The first-order valence-corrected chi connectivity index (χ1v) is 4.34. The molecule has 0 saturated heterocycles. The Hall–Kier alpha value is -0.790. The second-order valence-electron chi connectivity index (χ2n) is 4.46. The molecule has 12 heavy (non-hydrogen) atoms. The van der Waals surface area contributed by atoms with E-state index in [9.17, 15) is 0 Å². The molecule has 0 bridgehead atoms. The zero-order chi connectivity index (χ0) is 9.35. The smallest absolute Gasteiger partial charge is 0.140 e. The molecule has 1 atom stereocenters. The van der Waals surface area contributed by atoms with Crippen LogP contribution in [0.3, 0.4) is 0 Å². The topological polar surface area (TPSA) is 26.0 Å². The standard InChI is InChI=1S/C10H17NO/c1-7-6-9(12-11-7)8(2)10(3,4)5/h6,8H,1-5H3. The molecular weight excluding hydrogens is 150 g/mol. The number of hydrogen-bond donors (Lipinski definition) is 0. The fourth-order valence-corrected chi connectivity index (χ4v) is 1.01. The van der Waals surface area contributed by atoms with Crippen molar-refractivity contribution in [3.63, 3.8) is 0 Å². The van der Waals surface area contributed by atoms with E-state index in [1.165, 1.54) is 0 Å². The van der Waals surface area contributed by atoms with Gasteiger partial charge in [0.1, 0.15) is 5.76 Å². The maximum absolute atomic E-state index is 5.20. The Morgan fingerprint density at radius 3 is 2.33 bits per heavy atom. The third-order valence-electron chi connectivity index (χ3n) is 2.37. The Bertz CT molecular complexity index is 257. The van der Waals surface area contributed by atoms with Gasteiger partial charge in [0.2, 0.25) is 0 Å². The van der Waals surface area contributed by atoms with Crippen LogP contribution in [0.5, 0.6) is 0 Å².